The van der Waals surface area contributed by atoms with Gasteiger partial charge in [-0.05, 0) is 32.4 Å². The van der Waals surface area contributed by atoms with Crippen LogP contribution in [0.15, 0.2) is 42.9 Å². The lowest BCUT2D eigenvalue weighted by Crippen LogP contribution is -2.38. The highest BCUT2D eigenvalue weighted by Gasteiger charge is 2.11. The molecule has 0 unspecified atom stereocenters. The Kier molecular flexibility index (Phi) is 10.8. The molecule has 0 aromatic carbocycles. The van der Waals surface area contributed by atoms with Gasteiger partial charge in [0.05, 0.1) is 0 Å². The van der Waals surface area contributed by atoms with Crippen molar-refractivity contribution in [3.8, 4) is 0 Å². The van der Waals surface area contributed by atoms with Crippen LogP contribution in [0.25, 0.3) is 0 Å². The maximum Gasteiger partial charge on any atom is 0.184 e. The normalized spacial score (nSPS) is 10.3. The molecule has 0 N–H and O–H groups in total. The first kappa shape index (κ1) is 21.3. The lowest BCUT2D eigenvalue weighted by molar-refractivity contribution is -0.704. The van der Waals surface area contributed by atoms with Gasteiger partial charge >= 0.3 is 0 Å². The highest BCUT2D eigenvalue weighted by atomic mass is 15.0. The van der Waals surface area contributed by atoms with Gasteiger partial charge in [0.15, 0.2) is 24.3 Å². The molecule has 2 heteroatoms. The Labute approximate surface area is 155 Å². The van der Waals surface area contributed by atoms with Crippen LogP contribution in [0.5, 0.6) is 0 Å². The van der Waals surface area contributed by atoms with E-state index < -0.39 is 0 Å². The topological polar surface area (TPSA) is 7.76 Å². The number of hydrogen-bond acceptors (Lipinski definition) is 0. The molecular formula is C23H38N2+2. The van der Waals surface area contributed by atoms with E-state index in [2.05, 4.69) is 86.6 Å². The fourth-order valence-corrected chi connectivity index (χ4v) is 2.98. The molecule has 2 aromatic heterocycles. The first-order chi connectivity index (χ1) is 12.1. The van der Waals surface area contributed by atoms with Crippen molar-refractivity contribution in [1.29, 1.82) is 0 Å². The number of aryl methyl sites for hydroxylation is 4. The van der Waals surface area contributed by atoms with Crippen molar-refractivity contribution in [3.05, 3.63) is 59.7 Å². The zero-order valence-electron chi connectivity index (χ0n) is 17.1. The van der Waals surface area contributed by atoms with Crippen LogP contribution in [0, 0.1) is 13.8 Å². The van der Waals surface area contributed by atoms with Crippen LogP contribution in [0.2, 0.25) is 0 Å². The monoisotopic (exact) mass is 342 g/mol. The standard InChI is InChI=1S/C14H24N.C9H14N/c1-4-6-10-14-13(3)9-8-12-15(14)11-7-5-2;1-3-6-10-7-4-5-9(2)8-10/h8-9,12H,4-7,10-11H2,1-3H3;4-5,7-8H,3,6H2,1-2H3/q2*+1. The summed E-state index contributed by atoms with van der Waals surface area (Å²) < 4.78 is 4.66. The summed E-state index contributed by atoms with van der Waals surface area (Å²) in [5.74, 6) is 0. The molecule has 25 heavy (non-hydrogen) atoms. The van der Waals surface area contributed by atoms with Crippen LogP contribution in [0.1, 0.15) is 69.7 Å². The maximum atomic E-state index is 2.44. The number of pyridine rings is 2. The van der Waals surface area contributed by atoms with Gasteiger partial charge in [0.25, 0.3) is 0 Å². The van der Waals surface area contributed by atoms with E-state index >= 15 is 0 Å². The van der Waals surface area contributed by atoms with Gasteiger partial charge in [0, 0.05) is 42.5 Å². The van der Waals surface area contributed by atoms with Crippen molar-refractivity contribution < 1.29 is 9.13 Å². The predicted octanol–water partition coefficient (Wildman–Crippen LogP) is 5.12. The van der Waals surface area contributed by atoms with E-state index in [4.69, 9.17) is 0 Å². The number of unbranched alkanes of at least 4 members (excludes halogenated alkanes) is 2. The Morgan fingerprint density at radius 3 is 2.16 bits per heavy atom. The molecule has 0 aliphatic carbocycles. The predicted molar refractivity (Wildman–Crippen MR) is 107 cm³/mol. The second kappa shape index (κ2) is 12.6. The van der Waals surface area contributed by atoms with Crippen molar-refractivity contribution in [1.82, 2.24) is 0 Å². The van der Waals surface area contributed by atoms with Crippen molar-refractivity contribution in [2.45, 2.75) is 86.2 Å². The summed E-state index contributed by atoms with van der Waals surface area (Å²) in [7, 11) is 0. The van der Waals surface area contributed by atoms with Crippen LogP contribution in [-0.4, -0.2) is 0 Å². The van der Waals surface area contributed by atoms with Crippen molar-refractivity contribution in [2.24, 2.45) is 0 Å². The smallest absolute Gasteiger partial charge is 0.184 e. The molecule has 0 atom stereocenters. The van der Waals surface area contributed by atoms with E-state index in [0.717, 1.165) is 6.54 Å². The van der Waals surface area contributed by atoms with Gasteiger partial charge in [0.2, 0.25) is 0 Å². The van der Waals surface area contributed by atoms with Crippen LogP contribution in [-0.2, 0) is 19.5 Å². The van der Waals surface area contributed by atoms with Crippen LogP contribution < -0.4 is 9.13 Å². The summed E-state index contributed by atoms with van der Waals surface area (Å²) >= 11 is 0. The lowest BCUT2D eigenvalue weighted by atomic mass is 10.1. The van der Waals surface area contributed by atoms with Gasteiger partial charge in [-0.15, -0.1) is 0 Å². The third-order valence-electron chi connectivity index (χ3n) is 4.42. The second-order valence-electron chi connectivity index (χ2n) is 6.91. The van der Waals surface area contributed by atoms with E-state index in [1.807, 2.05) is 0 Å². The zero-order chi connectivity index (χ0) is 18.5. The molecule has 0 amide bonds. The molecule has 2 aromatic rings. The van der Waals surface area contributed by atoms with Gasteiger partial charge in [-0.2, -0.15) is 0 Å². The van der Waals surface area contributed by atoms with E-state index in [-0.39, 0.29) is 0 Å². The Morgan fingerprint density at radius 2 is 1.52 bits per heavy atom. The summed E-state index contributed by atoms with van der Waals surface area (Å²) in [5.41, 5.74) is 4.31. The number of nitrogens with zero attached hydrogens (tertiary/aromatic N) is 2. The minimum absolute atomic E-state index is 1.13. The third kappa shape index (κ3) is 8.29. The third-order valence-corrected chi connectivity index (χ3v) is 4.42. The number of hydrogen-bond donors (Lipinski definition) is 0. The van der Waals surface area contributed by atoms with Gasteiger partial charge in [0.1, 0.15) is 13.1 Å². The fourth-order valence-electron chi connectivity index (χ4n) is 2.98. The highest BCUT2D eigenvalue weighted by Crippen LogP contribution is 2.06. The van der Waals surface area contributed by atoms with Gasteiger partial charge in [-0.25, -0.2) is 9.13 Å². The van der Waals surface area contributed by atoms with Gasteiger partial charge < -0.3 is 0 Å². The van der Waals surface area contributed by atoms with E-state index in [0.29, 0.717) is 0 Å². The lowest BCUT2D eigenvalue weighted by Gasteiger charge is -2.05. The Hall–Kier alpha value is -1.70. The van der Waals surface area contributed by atoms with Gasteiger partial charge in [-0.3, -0.25) is 0 Å². The molecule has 0 radical (unpaired) electrons. The first-order valence-corrected chi connectivity index (χ1v) is 10.1. The van der Waals surface area contributed by atoms with Crippen LogP contribution in [0.4, 0.5) is 0 Å². The Morgan fingerprint density at radius 1 is 0.800 bits per heavy atom. The summed E-state index contributed by atoms with van der Waals surface area (Å²) in [4.78, 5) is 0. The summed E-state index contributed by atoms with van der Waals surface area (Å²) in [6.07, 6.45) is 14.1. The summed E-state index contributed by atoms with van der Waals surface area (Å²) in [6, 6.07) is 8.60. The van der Waals surface area contributed by atoms with Crippen molar-refractivity contribution in [3.63, 3.8) is 0 Å². The minimum Gasteiger partial charge on any atom is -0.205 e. The molecule has 0 fully saturated rings. The number of rotatable bonds is 8. The molecule has 2 rings (SSSR count). The average molecular weight is 343 g/mol. The zero-order valence-corrected chi connectivity index (χ0v) is 17.1. The molecule has 0 saturated carbocycles. The van der Waals surface area contributed by atoms with Crippen LogP contribution in [0.3, 0.4) is 0 Å². The molecule has 2 heterocycles. The molecule has 0 aliphatic rings. The second-order valence-corrected chi connectivity index (χ2v) is 6.91. The minimum atomic E-state index is 1.13. The van der Waals surface area contributed by atoms with E-state index in [1.54, 1.807) is 0 Å². The van der Waals surface area contributed by atoms with Crippen molar-refractivity contribution >= 4 is 0 Å². The SMILES string of the molecule is CCCCc1c(C)ccc[n+]1CCCC.CCC[n+]1cccc(C)c1. The fraction of sp³-hybridized carbons (Fsp3) is 0.565. The average Bonchev–Trinajstić information content (AvgIpc) is 2.60. The maximum absolute atomic E-state index is 2.44. The Balaban J connectivity index is 0.000000271. The number of aromatic nitrogens is 2. The summed E-state index contributed by atoms with van der Waals surface area (Å²) in [6.45, 7) is 13.4. The van der Waals surface area contributed by atoms with Crippen LogP contribution >= 0.6 is 0 Å². The van der Waals surface area contributed by atoms with E-state index in [1.165, 1.54) is 61.9 Å². The summed E-state index contributed by atoms with van der Waals surface area (Å²) in [5, 5.41) is 0. The highest BCUT2D eigenvalue weighted by molar-refractivity contribution is 5.13. The molecule has 138 valence electrons. The molecule has 0 bridgehead atoms. The molecule has 2 nitrogen and oxygen atoms in total. The quantitative estimate of drug-likeness (QED) is 0.588. The van der Waals surface area contributed by atoms with E-state index in [9.17, 15) is 0 Å². The largest absolute Gasteiger partial charge is 0.205 e. The van der Waals surface area contributed by atoms with Crippen molar-refractivity contribution in [2.75, 3.05) is 0 Å². The molecule has 0 spiro atoms. The molecule has 0 aliphatic heterocycles. The Bertz CT molecular complexity index is 605. The first-order valence-electron chi connectivity index (χ1n) is 10.1. The van der Waals surface area contributed by atoms with Gasteiger partial charge in [-0.1, -0.05) is 33.6 Å². The molecular weight excluding hydrogens is 304 g/mol. The molecule has 0 saturated heterocycles.